The molecule has 0 aliphatic rings. The maximum absolute atomic E-state index is 12.1. The number of carbonyl (C=O) groups excluding carboxylic acids is 1. The maximum Gasteiger partial charge on any atom is 0.321 e. The number of methoxy groups -OCH3 is 2. The van der Waals surface area contributed by atoms with Crippen LogP contribution in [0.15, 0.2) is 47.8 Å². The lowest BCUT2D eigenvalue weighted by molar-refractivity contribution is 0.251. The Morgan fingerprint density at radius 1 is 1.11 bits per heavy atom. The molecule has 0 aliphatic heterocycles. The predicted octanol–water partition coefficient (Wildman–Crippen LogP) is 4.75. The van der Waals surface area contributed by atoms with Crippen molar-refractivity contribution in [2.45, 2.75) is 6.54 Å². The molecule has 0 bridgehead atoms. The van der Waals surface area contributed by atoms with Crippen molar-refractivity contribution in [1.82, 2.24) is 10.3 Å². The van der Waals surface area contributed by atoms with Gasteiger partial charge >= 0.3 is 6.03 Å². The van der Waals surface area contributed by atoms with E-state index in [9.17, 15) is 4.79 Å². The summed E-state index contributed by atoms with van der Waals surface area (Å²) in [5, 5.41) is 8.05. The molecule has 0 aliphatic carbocycles. The Labute approximate surface area is 175 Å². The van der Waals surface area contributed by atoms with Crippen molar-refractivity contribution in [2.75, 3.05) is 19.5 Å². The third-order valence-corrected chi connectivity index (χ3v) is 5.24. The summed E-state index contributed by atoms with van der Waals surface area (Å²) in [5.74, 6) is 1.27. The van der Waals surface area contributed by atoms with E-state index in [1.807, 2.05) is 47.8 Å². The fraction of sp³-hybridized carbons (Fsp3) is 0.158. The number of ether oxygens (including phenoxy) is 2. The van der Waals surface area contributed by atoms with Gasteiger partial charge in [-0.1, -0.05) is 18.2 Å². The van der Waals surface area contributed by atoms with Crippen molar-refractivity contribution >= 4 is 45.1 Å². The number of aromatic nitrogens is 1. The van der Waals surface area contributed by atoms with Crippen LogP contribution in [-0.4, -0.2) is 25.2 Å². The van der Waals surface area contributed by atoms with Gasteiger partial charge in [0.05, 0.1) is 19.9 Å². The second-order valence-electron chi connectivity index (χ2n) is 5.54. The molecule has 2 aromatic carbocycles. The topological polar surface area (TPSA) is 72.5 Å². The molecular formula is C19H18IN3O3S. The molecule has 140 valence electrons. The largest absolute Gasteiger partial charge is 0.493 e. The molecule has 27 heavy (non-hydrogen) atoms. The van der Waals surface area contributed by atoms with Crippen LogP contribution in [0.4, 0.5) is 9.93 Å². The lowest BCUT2D eigenvalue weighted by atomic mass is 10.2. The van der Waals surface area contributed by atoms with E-state index in [2.05, 4.69) is 38.2 Å². The van der Waals surface area contributed by atoms with Crippen LogP contribution in [0.3, 0.4) is 0 Å². The summed E-state index contributed by atoms with van der Waals surface area (Å²) >= 11 is 3.65. The molecular weight excluding hydrogens is 477 g/mol. The number of anilines is 1. The van der Waals surface area contributed by atoms with Crippen molar-refractivity contribution in [3.63, 3.8) is 0 Å². The van der Waals surface area contributed by atoms with Crippen molar-refractivity contribution in [3.8, 4) is 22.8 Å². The van der Waals surface area contributed by atoms with E-state index < -0.39 is 0 Å². The zero-order chi connectivity index (χ0) is 19.2. The quantitative estimate of drug-likeness (QED) is 0.484. The van der Waals surface area contributed by atoms with E-state index in [1.165, 1.54) is 14.9 Å². The van der Waals surface area contributed by atoms with Gasteiger partial charge in [0.15, 0.2) is 16.6 Å². The molecule has 2 N–H and O–H groups in total. The van der Waals surface area contributed by atoms with Gasteiger partial charge in [0.25, 0.3) is 0 Å². The minimum atomic E-state index is -0.312. The number of amides is 2. The summed E-state index contributed by atoms with van der Waals surface area (Å²) in [7, 11) is 3.16. The molecule has 1 heterocycles. The zero-order valence-electron chi connectivity index (χ0n) is 14.8. The highest BCUT2D eigenvalue weighted by atomic mass is 127. The van der Waals surface area contributed by atoms with Crippen LogP contribution in [0, 0.1) is 3.57 Å². The first-order chi connectivity index (χ1) is 13.1. The molecule has 3 aromatic rings. The van der Waals surface area contributed by atoms with Crippen LogP contribution in [0.5, 0.6) is 11.5 Å². The highest BCUT2D eigenvalue weighted by Gasteiger charge is 2.09. The smallest absolute Gasteiger partial charge is 0.321 e. The van der Waals surface area contributed by atoms with Crippen LogP contribution >= 0.6 is 33.9 Å². The number of halogens is 1. The van der Waals surface area contributed by atoms with Gasteiger partial charge in [0.1, 0.15) is 0 Å². The Kier molecular flexibility index (Phi) is 6.51. The van der Waals surface area contributed by atoms with Crippen LogP contribution in [0.25, 0.3) is 11.3 Å². The van der Waals surface area contributed by atoms with E-state index in [4.69, 9.17) is 9.47 Å². The minimum Gasteiger partial charge on any atom is -0.493 e. The van der Waals surface area contributed by atoms with E-state index in [0.717, 1.165) is 16.8 Å². The third-order valence-electron chi connectivity index (χ3n) is 3.77. The first-order valence-electron chi connectivity index (χ1n) is 8.06. The second kappa shape index (κ2) is 9.05. The van der Waals surface area contributed by atoms with Crippen molar-refractivity contribution in [1.29, 1.82) is 0 Å². The average molecular weight is 495 g/mol. The molecule has 0 saturated heterocycles. The highest BCUT2D eigenvalue weighted by Crippen LogP contribution is 2.28. The van der Waals surface area contributed by atoms with Crippen molar-refractivity contribution in [2.24, 2.45) is 0 Å². The van der Waals surface area contributed by atoms with Crippen molar-refractivity contribution < 1.29 is 14.3 Å². The number of hydrogen-bond donors (Lipinski definition) is 2. The number of carbonyl (C=O) groups is 1. The normalized spacial score (nSPS) is 10.3. The van der Waals surface area contributed by atoms with Gasteiger partial charge in [0, 0.05) is 21.1 Å². The first kappa shape index (κ1) is 19.4. The number of nitrogens with zero attached hydrogens (tertiary/aromatic N) is 1. The zero-order valence-corrected chi connectivity index (χ0v) is 17.8. The Bertz CT molecular complexity index is 928. The van der Waals surface area contributed by atoms with Gasteiger partial charge in [-0.3, -0.25) is 5.32 Å². The molecule has 6 nitrogen and oxygen atoms in total. The summed E-state index contributed by atoms with van der Waals surface area (Å²) in [6, 6.07) is 13.3. The first-order valence-corrected chi connectivity index (χ1v) is 10.0. The van der Waals surface area contributed by atoms with Gasteiger partial charge < -0.3 is 14.8 Å². The van der Waals surface area contributed by atoms with Gasteiger partial charge in [-0.25, -0.2) is 9.78 Å². The minimum absolute atomic E-state index is 0.312. The van der Waals surface area contributed by atoms with Gasteiger partial charge in [0.2, 0.25) is 0 Å². The summed E-state index contributed by atoms with van der Waals surface area (Å²) < 4.78 is 11.6. The molecule has 8 heteroatoms. The summed E-state index contributed by atoms with van der Waals surface area (Å²) in [5.41, 5.74) is 2.76. The number of nitrogens with one attached hydrogen (secondary N) is 2. The SMILES string of the molecule is COc1ccc(CNC(=O)Nc2nc(-c3ccc(I)cc3)cs2)cc1OC. The number of hydrogen-bond acceptors (Lipinski definition) is 5. The van der Waals surface area contributed by atoms with E-state index in [0.29, 0.717) is 23.2 Å². The Morgan fingerprint density at radius 3 is 2.56 bits per heavy atom. The van der Waals surface area contributed by atoms with Gasteiger partial charge in [-0.05, 0) is 52.4 Å². The number of rotatable bonds is 6. The van der Waals surface area contributed by atoms with E-state index >= 15 is 0 Å². The fourth-order valence-electron chi connectivity index (χ4n) is 2.40. The fourth-order valence-corrected chi connectivity index (χ4v) is 3.47. The molecule has 0 spiro atoms. The summed E-state index contributed by atoms with van der Waals surface area (Å²) in [6.45, 7) is 0.363. The van der Waals surface area contributed by atoms with Crippen molar-refractivity contribution in [3.05, 3.63) is 57.0 Å². The van der Waals surface area contributed by atoms with E-state index in [1.54, 1.807) is 14.2 Å². The number of benzene rings is 2. The van der Waals surface area contributed by atoms with Crippen LogP contribution in [0.1, 0.15) is 5.56 Å². The standard InChI is InChI=1S/C19H18IN3O3S/c1-25-16-8-3-12(9-17(16)26-2)10-21-18(24)23-19-22-15(11-27-19)13-4-6-14(20)7-5-13/h3-9,11H,10H2,1-2H3,(H2,21,22,23,24). The number of urea groups is 1. The molecule has 0 unspecified atom stereocenters. The molecule has 0 fully saturated rings. The molecule has 3 rings (SSSR count). The van der Waals surface area contributed by atoms with Crippen LogP contribution < -0.4 is 20.1 Å². The summed E-state index contributed by atoms with van der Waals surface area (Å²) in [4.78, 5) is 16.6. The Hall–Kier alpha value is -2.33. The molecule has 0 saturated carbocycles. The molecule has 2 amide bonds. The van der Waals surface area contributed by atoms with E-state index in [-0.39, 0.29) is 6.03 Å². The number of thiazole rings is 1. The van der Waals surface area contributed by atoms with Gasteiger partial charge in [-0.15, -0.1) is 11.3 Å². The predicted molar refractivity (Wildman–Crippen MR) is 116 cm³/mol. The molecule has 0 radical (unpaired) electrons. The molecule has 0 atom stereocenters. The Morgan fingerprint density at radius 2 is 1.85 bits per heavy atom. The second-order valence-corrected chi connectivity index (χ2v) is 7.65. The maximum atomic E-state index is 12.1. The Balaban J connectivity index is 1.58. The lowest BCUT2D eigenvalue weighted by Gasteiger charge is -2.10. The van der Waals surface area contributed by atoms with Gasteiger partial charge in [-0.2, -0.15) is 0 Å². The monoisotopic (exact) mass is 495 g/mol. The van der Waals surface area contributed by atoms with Crippen LogP contribution in [-0.2, 0) is 6.54 Å². The third kappa shape index (κ3) is 5.10. The molecule has 1 aromatic heterocycles. The highest BCUT2D eigenvalue weighted by molar-refractivity contribution is 14.1. The van der Waals surface area contributed by atoms with Crippen LogP contribution in [0.2, 0.25) is 0 Å². The average Bonchev–Trinajstić information content (AvgIpc) is 3.15. The summed E-state index contributed by atoms with van der Waals surface area (Å²) in [6.07, 6.45) is 0. The lowest BCUT2D eigenvalue weighted by Crippen LogP contribution is -2.28.